The highest BCUT2D eigenvalue weighted by molar-refractivity contribution is 5.70. The molecule has 0 amide bonds. The van der Waals surface area contributed by atoms with Crippen molar-refractivity contribution < 1.29 is 20.1 Å². The molecule has 0 bridgehead atoms. The third-order valence-electron chi connectivity index (χ3n) is 2.20. The van der Waals surface area contributed by atoms with Crippen molar-refractivity contribution in [3.05, 3.63) is 0 Å². The van der Waals surface area contributed by atoms with Crippen molar-refractivity contribution in [3.63, 3.8) is 0 Å². The molecule has 0 saturated carbocycles. The monoisotopic (exact) mass is 176 g/mol. The molecular formula is C8H16O4. The molecule has 0 fully saturated rings. The zero-order chi connectivity index (χ0) is 9.89. The van der Waals surface area contributed by atoms with E-state index in [-0.39, 0.29) is 0 Å². The van der Waals surface area contributed by atoms with E-state index in [4.69, 9.17) is 10.2 Å². The maximum absolute atomic E-state index is 10.4. The fourth-order valence-electron chi connectivity index (χ4n) is 0.887. The summed E-state index contributed by atoms with van der Waals surface area (Å²) in [7, 11) is 0. The van der Waals surface area contributed by atoms with Crippen molar-refractivity contribution in [2.75, 3.05) is 0 Å². The molecule has 0 unspecified atom stereocenters. The van der Waals surface area contributed by atoms with E-state index in [0.29, 0.717) is 0 Å². The second kappa shape index (κ2) is 4.42. The Labute approximate surface area is 71.8 Å². The molecule has 0 spiro atoms. The van der Waals surface area contributed by atoms with Gasteiger partial charge in [0.15, 0.2) is 0 Å². The summed E-state index contributed by atoms with van der Waals surface area (Å²) >= 11 is 0. The molecule has 3 N–H and O–H groups in total. The van der Waals surface area contributed by atoms with Crippen LogP contribution in [-0.4, -0.2) is 33.5 Å². The number of aliphatic carboxylic acids is 1. The Bertz CT molecular complexity index is 155. The Balaban J connectivity index is 4.18. The maximum Gasteiger partial charge on any atom is 0.308 e. The highest BCUT2D eigenvalue weighted by atomic mass is 16.4. The van der Waals surface area contributed by atoms with E-state index < -0.39 is 30.0 Å². The molecule has 0 saturated heterocycles. The predicted molar refractivity (Wildman–Crippen MR) is 43.7 cm³/mol. The molecule has 0 radical (unpaired) electrons. The highest BCUT2D eigenvalue weighted by Crippen LogP contribution is 2.16. The first kappa shape index (κ1) is 11.4. The number of rotatable bonds is 4. The van der Waals surface area contributed by atoms with Crippen LogP contribution in [0.4, 0.5) is 0 Å². The number of hydrogen-bond acceptors (Lipinski definition) is 3. The van der Waals surface area contributed by atoms with Crippen molar-refractivity contribution in [1.82, 2.24) is 0 Å². The molecule has 0 aliphatic rings. The minimum Gasteiger partial charge on any atom is -0.481 e. The van der Waals surface area contributed by atoms with Gasteiger partial charge in [-0.2, -0.15) is 0 Å². The van der Waals surface area contributed by atoms with Gasteiger partial charge in [-0.1, -0.05) is 6.92 Å². The van der Waals surface area contributed by atoms with E-state index >= 15 is 0 Å². The van der Waals surface area contributed by atoms with Crippen LogP contribution in [0.3, 0.4) is 0 Å². The van der Waals surface area contributed by atoms with Crippen LogP contribution in [0.25, 0.3) is 0 Å². The fraction of sp³-hybridized carbons (Fsp3) is 0.875. The van der Waals surface area contributed by atoms with Crippen LogP contribution < -0.4 is 0 Å². The molecule has 0 aliphatic carbocycles. The Kier molecular flexibility index (Phi) is 4.20. The van der Waals surface area contributed by atoms with Crippen molar-refractivity contribution in [2.24, 2.45) is 11.8 Å². The SMILES string of the molecule is C[C@H]([C@H](O)[C@@H](C)C(=O)O)[C@@H](C)O. The van der Waals surface area contributed by atoms with E-state index in [1.54, 1.807) is 6.92 Å². The molecule has 0 rings (SSSR count). The average Bonchev–Trinajstić information content (AvgIpc) is 2.00. The van der Waals surface area contributed by atoms with Gasteiger partial charge in [-0.3, -0.25) is 4.79 Å². The van der Waals surface area contributed by atoms with Gasteiger partial charge in [0.25, 0.3) is 0 Å². The molecular weight excluding hydrogens is 160 g/mol. The Morgan fingerprint density at radius 1 is 1.17 bits per heavy atom. The zero-order valence-electron chi connectivity index (χ0n) is 7.56. The lowest BCUT2D eigenvalue weighted by molar-refractivity contribution is -0.147. The standard InChI is InChI=1S/C8H16O4/c1-4(6(3)9)7(10)5(2)8(11)12/h4-7,9-10H,1-3H3,(H,11,12)/t4-,5+,6+,7-/m0/s1. The van der Waals surface area contributed by atoms with Crippen LogP contribution in [0.2, 0.25) is 0 Å². The van der Waals surface area contributed by atoms with Crippen molar-refractivity contribution in [2.45, 2.75) is 33.0 Å². The Morgan fingerprint density at radius 2 is 1.58 bits per heavy atom. The summed E-state index contributed by atoms with van der Waals surface area (Å²) in [6.45, 7) is 4.57. The topological polar surface area (TPSA) is 77.8 Å². The van der Waals surface area contributed by atoms with Gasteiger partial charge in [-0.05, 0) is 13.8 Å². The van der Waals surface area contributed by atoms with Gasteiger partial charge in [0.2, 0.25) is 0 Å². The van der Waals surface area contributed by atoms with Crippen LogP contribution in [0, 0.1) is 11.8 Å². The van der Waals surface area contributed by atoms with E-state index in [9.17, 15) is 9.90 Å². The van der Waals surface area contributed by atoms with Crippen LogP contribution in [0.15, 0.2) is 0 Å². The maximum atomic E-state index is 10.4. The number of carboxylic acid groups (broad SMARTS) is 1. The molecule has 4 atom stereocenters. The number of hydrogen-bond donors (Lipinski definition) is 3. The molecule has 4 heteroatoms. The Hall–Kier alpha value is -0.610. The number of aliphatic hydroxyl groups is 2. The molecule has 12 heavy (non-hydrogen) atoms. The van der Waals surface area contributed by atoms with Gasteiger partial charge >= 0.3 is 5.97 Å². The molecule has 0 heterocycles. The lowest BCUT2D eigenvalue weighted by Crippen LogP contribution is -2.36. The number of carbonyl (C=O) groups is 1. The zero-order valence-corrected chi connectivity index (χ0v) is 7.56. The van der Waals surface area contributed by atoms with Crippen LogP contribution >= 0.6 is 0 Å². The van der Waals surface area contributed by atoms with Crippen LogP contribution in [0.5, 0.6) is 0 Å². The summed E-state index contributed by atoms with van der Waals surface area (Å²) in [5.41, 5.74) is 0. The third-order valence-corrected chi connectivity index (χ3v) is 2.20. The minimum absolute atomic E-state index is 0.420. The van der Waals surface area contributed by atoms with Crippen LogP contribution in [-0.2, 0) is 4.79 Å². The van der Waals surface area contributed by atoms with Gasteiger partial charge in [0.05, 0.1) is 18.1 Å². The summed E-state index contributed by atoms with van der Waals surface area (Å²) in [5, 5.41) is 27.0. The van der Waals surface area contributed by atoms with Crippen molar-refractivity contribution in [3.8, 4) is 0 Å². The summed E-state index contributed by atoms with van der Waals surface area (Å²) in [6.07, 6.45) is -1.69. The van der Waals surface area contributed by atoms with E-state index in [2.05, 4.69) is 0 Å². The Morgan fingerprint density at radius 3 is 1.83 bits per heavy atom. The van der Waals surface area contributed by atoms with Gasteiger partial charge < -0.3 is 15.3 Å². The smallest absolute Gasteiger partial charge is 0.308 e. The fourth-order valence-corrected chi connectivity index (χ4v) is 0.887. The van der Waals surface area contributed by atoms with Gasteiger partial charge in [-0.15, -0.1) is 0 Å². The molecule has 0 aliphatic heterocycles. The molecule has 0 aromatic carbocycles. The summed E-state index contributed by atoms with van der Waals surface area (Å²) in [6, 6.07) is 0. The molecule has 0 aromatic heterocycles. The second-order valence-corrected chi connectivity index (χ2v) is 3.22. The van der Waals surface area contributed by atoms with Gasteiger partial charge in [-0.25, -0.2) is 0 Å². The first-order valence-corrected chi connectivity index (χ1v) is 3.96. The minimum atomic E-state index is -1.05. The quantitative estimate of drug-likeness (QED) is 0.567. The van der Waals surface area contributed by atoms with E-state index in [1.807, 2.05) is 0 Å². The predicted octanol–water partition coefficient (Wildman–Crippen LogP) is 0.0849. The largest absolute Gasteiger partial charge is 0.481 e. The number of aliphatic hydroxyl groups excluding tert-OH is 2. The van der Waals surface area contributed by atoms with Crippen molar-refractivity contribution >= 4 is 5.97 Å². The highest BCUT2D eigenvalue weighted by Gasteiger charge is 2.28. The third kappa shape index (κ3) is 2.79. The lowest BCUT2D eigenvalue weighted by Gasteiger charge is -2.24. The van der Waals surface area contributed by atoms with Gasteiger partial charge in [0.1, 0.15) is 0 Å². The average molecular weight is 176 g/mol. The first-order chi connectivity index (χ1) is 5.37. The second-order valence-electron chi connectivity index (χ2n) is 3.22. The van der Waals surface area contributed by atoms with E-state index in [1.165, 1.54) is 13.8 Å². The summed E-state index contributed by atoms with van der Waals surface area (Å²) in [4.78, 5) is 10.4. The van der Waals surface area contributed by atoms with Gasteiger partial charge in [0, 0.05) is 5.92 Å². The first-order valence-electron chi connectivity index (χ1n) is 3.96. The lowest BCUT2D eigenvalue weighted by atomic mass is 9.90. The summed E-state index contributed by atoms with van der Waals surface area (Å²) in [5.74, 6) is -2.30. The van der Waals surface area contributed by atoms with Crippen LogP contribution in [0.1, 0.15) is 20.8 Å². The molecule has 4 nitrogen and oxygen atoms in total. The molecule has 72 valence electrons. The van der Waals surface area contributed by atoms with Crippen molar-refractivity contribution in [1.29, 1.82) is 0 Å². The normalized spacial score (nSPS) is 21.1. The summed E-state index contributed by atoms with van der Waals surface area (Å²) < 4.78 is 0. The number of carboxylic acids is 1. The van der Waals surface area contributed by atoms with E-state index in [0.717, 1.165) is 0 Å². The molecule has 0 aromatic rings.